The molecule has 0 aliphatic carbocycles. The normalized spacial score (nSPS) is 10.7. The summed E-state index contributed by atoms with van der Waals surface area (Å²) in [5, 5.41) is 4.72. The summed E-state index contributed by atoms with van der Waals surface area (Å²) in [6.07, 6.45) is 3.10. The smallest absolute Gasteiger partial charge is 0.0726 e. The lowest BCUT2D eigenvalue weighted by atomic mass is 10.1. The van der Waals surface area contributed by atoms with E-state index in [9.17, 15) is 0 Å². The minimum Gasteiger partial charge on any atom is -0.384 e. The number of nitrogens with zero attached hydrogens (tertiary/aromatic N) is 1. The van der Waals surface area contributed by atoms with Gasteiger partial charge in [-0.25, -0.2) is 0 Å². The fourth-order valence-electron chi connectivity index (χ4n) is 1.85. The van der Waals surface area contributed by atoms with Crippen molar-refractivity contribution in [3.63, 3.8) is 0 Å². The number of aryl methyl sites for hydroxylation is 1. The Hall–Kier alpha value is -1.22. The molecule has 1 N–H and O–H groups in total. The van der Waals surface area contributed by atoms with Crippen LogP contribution >= 0.6 is 11.8 Å². The summed E-state index contributed by atoms with van der Waals surface area (Å²) in [4.78, 5) is 4.64. The molecule has 0 radical (unpaired) electrons. The number of hydrogen-bond donors (Lipinski definition) is 1. The van der Waals surface area contributed by atoms with Gasteiger partial charge in [-0.05, 0) is 24.8 Å². The largest absolute Gasteiger partial charge is 0.384 e. The van der Waals surface area contributed by atoms with Gasteiger partial charge in [0.2, 0.25) is 0 Å². The van der Waals surface area contributed by atoms with E-state index in [0.29, 0.717) is 0 Å². The van der Waals surface area contributed by atoms with Crippen LogP contribution in [0.5, 0.6) is 0 Å². The summed E-state index contributed by atoms with van der Waals surface area (Å²) in [5.41, 5.74) is 3.44. The molecule has 2 rings (SSSR count). The van der Waals surface area contributed by atoms with E-state index in [1.54, 1.807) is 0 Å². The first-order valence-corrected chi connectivity index (χ1v) is 7.36. The van der Waals surface area contributed by atoms with E-state index in [-0.39, 0.29) is 0 Å². The Bertz CT molecular complexity index is 497. The van der Waals surface area contributed by atoms with Gasteiger partial charge in [-0.2, -0.15) is 11.8 Å². The van der Waals surface area contributed by atoms with Gasteiger partial charge < -0.3 is 5.32 Å². The molecule has 0 saturated carbocycles. The van der Waals surface area contributed by atoms with E-state index in [2.05, 4.69) is 47.7 Å². The Labute approximate surface area is 107 Å². The zero-order valence-corrected chi connectivity index (χ0v) is 11.2. The molecule has 0 fully saturated rings. The Balaban J connectivity index is 2.36. The van der Waals surface area contributed by atoms with Crippen molar-refractivity contribution in [1.29, 1.82) is 0 Å². The molecule has 0 bridgehead atoms. The summed E-state index contributed by atoms with van der Waals surface area (Å²) in [6, 6.07) is 10.5. The van der Waals surface area contributed by atoms with E-state index < -0.39 is 0 Å². The highest BCUT2D eigenvalue weighted by Crippen LogP contribution is 2.23. The van der Waals surface area contributed by atoms with Crippen LogP contribution in [0.25, 0.3) is 10.9 Å². The average molecular weight is 246 g/mol. The highest BCUT2D eigenvalue weighted by molar-refractivity contribution is 7.98. The van der Waals surface area contributed by atoms with Crippen molar-refractivity contribution in [2.45, 2.75) is 13.3 Å². The minimum atomic E-state index is 0.974. The minimum absolute atomic E-state index is 0.974. The van der Waals surface area contributed by atoms with E-state index in [1.807, 2.05) is 17.8 Å². The third kappa shape index (κ3) is 2.91. The number of fused-ring (bicyclic) bond motifs is 1. The fraction of sp³-hybridized carbons (Fsp3) is 0.357. The molecule has 0 aliphatic heterocycles. The highest BCUT2D eigenvalue weighted by Gasteiger charge is 2.03. The number of hydrogen-bond acceptors (Lipinski definition) is 3. The van der Waals surface area contributed by atoms with Crippen LogP contribution in [-0.4, -0.2) is 23.5 Å². The molecule has 1 heterocycles. The molecule has 1 aromatic carbocycles. The first-order valence-electron chi connectivity index (χ1n) is 5.96. The molecule has 2 nitrogen and oxygen atoms in total. The third-order valence-electron chi connectivity index (χ3n) is 2.75. The van der Waals surface area contributed by atoms with Gasteiger partial charge in [-0.1, -0.05) is 25.1 Å². The molecule has 2 aromatic rings. The molecular weight excluding hydrogens is 228 g/mol. The highest BCUT2D eigenvalue weighted by atomic mass is 32.2. The predicted molar refractivity (Wildman–Crippen MR) is 78.0 cm³/mol. The number of benzene rings is 1. The summed E-state index contributed by atoms with van der Waals surface area (Å²) < 4.78 is 0. The first-order chi connectivity index (χ1) is 8.35. The van der Waals surface area contributed by atoms with Crippen LogP contribution < -0.4 is 5.32 Å². The number of aromatic nitrogens is 1. The number of anilines is 1. The summed E-state index contributed by atoms with van der Waals surface area (Å²) in [6.45, 7) is 3.14. The quantitative estimate of drug-likeness (QED) is 0.816. The maximum Gasteiger partial charge on any atom is 0.0726 e. The lowest BCUT2D eigenvalue weighted by molar-refractivity contribution is 1.05. The van der Waals surface area contributed by atoms with Crippen LogP contribution in [-0.2, 0) is 6.42 Å². The van der Waals surface area contributed by atoms with Crippen LogP contribution in [0.3, 0.4) is 0 Å². The van der Waals surface area contributed by atoms with E-state index >= 15 is 0 Å². The van der Waals surface area contributed by atoms with Gasteiger partial charge in [0, 0.05) is 29.1 Å². The second kappa shape index (κ2) is 5.92. The Morgan fingerprint density at radius 3 is 2.88 bits per heavy atom. The molecular formula is C14H18N2S. The molecule has 0 atom stereocenters. The van der Waals surface area contributed by atoms with Gasteiger partial charge in [0.15, 0.2) is 0 Å². The molecule has 0 aliphatic rings. The van der Waals surface area contributed by atoms with E-state index in [1.165, 1.54) is 11.1 Å². The lowest BCUT2D eigenvalue weighted by Crippen LogP contribution is -2.05. The van der Waals surface area contributed by atoms with Crippen LogP contribution in [0.1, 0.15) is 12.6 Å². The summed E-state index contributed by atoms with van der Waals surface area (Å²) in [7, 11) is 0. The van der Waals surface area contributed by atoms with Gasteiger partial charge >= 0.3 is 0 Å². The van der Waals surface area contributed by atoms with Gasteiger partial charge in [-0.3, -0.25) is 4.98 Å². The second-order valence-corrected chi connectivity index (χ2v) is 4.94. The monoisotopic (exact) mass is 246 g/mol. The van der Waals surface area contributed by atoms with Crippen molar-refractivity contribution in [1.82, 2.24) is 4.98 Å². The van der Waals surface area contributed by atoms with Gasteiger partial charge in [-0.15, -0.1) is 0 Å². The van der Waals surface area contributed by atoms with Crippen LogP contribution in [0.4, 0.5) is 5.69 Å². The number of nitrogens with one attached hydrogen (secondary N) is 1. The second-order valence-electron chi connectivity index (χ2n) is 3.95. The van der Waals surface area contributed by atoms with Crippen molar-refractivity contribution < 1.29 is 0 Å². The predicted octanol–water partition coefficient (Wildman–Crippen LogP) is 3.57. The van der Waals surface area contributed by atoms with Crippen molar-refractivity contribution in [2.75, 3.05) is 23.9 Å². The molecule has 17 heavy (non-hydrogen) atoms. The molecule has 0 amide bonds. The zero-order chi connectivity index (χ0) is 12.1. The van der Waals surface area contributed by atoms with Gasteiger partial charge in [0.05, 0.1) is 5.52 Å². The maximum absolute atomic E-state index is 4.64. The third-order valence-corrected chi connectivity index (χ3v) is 3.37. The standard InChI is InChI=1S/C14H18N2S/c1-3-11-10-14(15-8-9-17-2)12-6-4-5-7-13(12)16-11/h4-7,10H,3,8-9H2,1-2H3,(H,15,16). The van der Waals surface area contributed by atoms with Crippen LogP contribution in [0.2, 0.25) is 0 Å². The fourth-order valence-corrected chi connectivity index (χ4v) is 2.15. The van der Waals surface area contributed by atoms with Crippen molar-refractivity contribution in [3.8, 4) is 0 Å². The number of para-hydroxylation sites is 1. The van der Waals surface area contributed by atoms with Crippen LogP contribution in [0, 0.1) is 0 Å². The Morgan fingerprint density at radius 1 is 1.29 bits per heavy atom. The molecule has 3 heteroatoms. The first kappa shape index (κ1) is 12.2. The number of rotatable bonds is 5. The van der Waals surface area contributed by atoms with Crippen molar-refractivity contribution >= 4 is 28.4 Å². The molecule has 0 unspecified atom stereocenters. The molecule has 0 saturated heterocycles. The summed E-state index contributed by atoms with van der Waals surface area (Å²) in [5.74, 6) is 1.12. The zero-order valence-electron chi connectivity index (χ0n) is 10.4. The molecule has 90 valence electrons. The van der Waals surface area contributed by atoms with Crippen molar-refractivity contribution in [3.05, 3.63) is 36.0 Å². The topological polar surface area (TPSA) is 24.9 Å². The summed E-state index contributed by atoms with van der Waals surface area (Å²) >= 11 is 1.86. The van der Waals surface area contributed by atoms with E-state index in [4.69, 9.17) is 0 Å². The molecule has 0 spiro atoms. The van der Waals surface area contributed by atoms with Crippen molar-refractivity contribution in [2.24, 2.45) is 0 Å². The van der Waals surface area contributed by atoms with E-state index in [0.717, 1.165) is 29.9 Å². The number of thioether (sulfide) groups is 1. The Kier molecular flexibility index (Phi) is 4.26. The Morgan fingerprint density at radius 2 is 2.12 bits per heavy atom. The lowest BCUT2D eigenvalue weighted by Gasteiger charge is -2.10. The maximum atomic E-state index is 4.64. The SMILES string of the molecule is CCc1cc(NCCSC)c2ccccc2n1. The average Bonchev–Trinajstić information content (AvgIpc) is 2.38. The van der Waals surface area contributed by atoms with Gasteiger partial charge in [0.1, 0.15) is 0 Å². The van der Waals surface area contributed by atoms with Crippen LogP contribution in [0.15, 0.2) is 30.3 Å². The molecule has 1 aromatic heterocycles. The van der Waals surface area contributed by atoms with Gasteiger partial charge in [0.25, 0.3) is 0 Å². The number of pyridine rings is 1.